The number of aliphatic carboxylic acids is 2. The predicted molar refractivity (Wildman–Crippen MR) is 65.7 cm³/mol. The Hall–Kier alpha value is -1.18. The lowest BCUT2D eigenvalue weighted by molar-refractivity contribution is -0.165. The van der Waals surface area contributed by atoms with Gasteiger partial charge < -0.3 is 25.7 Å². The third-order valence-corrected chi connectivity index (χ3v) is 3.80. The van der Waals surface area contributed by atoms with E-state index >= 15 is 0 Å². The maximum Gasteiger partial charge on any atom is 0.335 e. The molecule has 2 rings (SSSR count). The smallest absolute Gasteiger partial charge is 0.335 e. The molecule has 2 fully saturated rings. The second-order valence-electron chi connectivity index (χ2n) is 5.20. The molecule has 1 aliphatic carbocycles. The Labute approximate surface area is 111 Å². The van der Waals surface area contributed by atoms with Crippen LogP contribution < -0.4 is 5.32 Å². The van der Waals surface area contributed by atoms with E-state index in [1.54, 1.807) is 0 Å². The zero-order chi connectivity index (χ0) is 14.5. The van der Waals surface area contributed by atoms with Crippen molar-refractivity contribution in [2.24, 2.45) is 5.41 Å². The van der Waals surface area contributed by atoms with Crippen molar-refractivity contribution in [3.05, 3.63) is 0 Å². The fourth-order valence-electron chi connectivity index (χ4n) is 2.62. The Balaban J connectivity index is 0.000000190. The van der Waals surface area contributed by atoms with Crippen LogP contribution >= 0.6 is 0 Å². The molecule has 2 atom stereocenters. The lowest BCUT2D eigenvalue weighted by Gasteiger charge is -2.19. The van der Waals surface area contributed by atoms with Crippen molar-refractivity contribution in [2.75, 3.05) is 13.1 Å². The molecule has 1 saturated carbocycles. The summed E-state index contributed by atoms with van der Waals surface area (Å²) >= 11 is 0. The molecule has 0 aromatic rings. The van der Waals surface area contributed by atoms with Crippen molar-refractivity contribution in [3.8, 4) is 0 Å². The molecule has 2 aliphatic rings. The summed E-state index contributed by atoms with van der Waals surface area (Å²) in [7, 11) is 0. The molecule has 7 heteroatoms. The molecule has 7 nitrogen and oxygen atoms in total. The maximum absolute atomic E-state index is 9.77. The van der Waals surface area contributed by atoms with E-state index < -0.39 is 24.1 Å². The van der Waals surface area contributed by atoms with E-state index in [4.69, 9.17) is 20.4 Å². The number of rotatable bonds is 3. The third kappa shape index (κ3) is 4.45. The Morgan fingerprint density at radius 3 is 1.74 bits per heavy atom. The van der Waals surface area contributed by atoms with Gasteiger partial charge in [-0.15, -0.1) is 0 Å². The van der Waals surface area contributed by atoms with Crippen LogP contribution in [-0.2, 0) is 9.59 Å². The van der Waals surface area contributed by atoms with Crippen LogP contribution in [0.4, 0.5) is 0 Å². The molecule has 5 N–H and O–H groups in total. The van der Waals surface area contributed by atoms with Crippen LogP contribution in [0, 0.1) is 5.41 Å². The van der Waals surface area contributed by atoms with Crippen LogP contribution in [0.25, 0.3) is 0 Å². The van der Waals surface area contributed by atoms with Crippen LogP contribution in [0.5, 0.6) is 0 Å². The minimum atomic E-state index is -2.27. The van der Waals surface area contributed by atoms with Gasteiger partial charge in [0.1, 0.15) is 0 Å². The molecular weight excluding hydrogens is 254 g/mol. The van der Waals surface area contributed by atoms with E-state index in [1.165, 1.54) is 45.2 Å². The minimum absolute atomic E-state index is 0.778. The summed E-state index contributed by atoms with van der Waals surface area (Å²) in [5.41, 5.74) is 0.778. The van der Waals surface area contributed by atoms with Crippen molar-refractivity contribution >= 4 is 11.9 Å². The number of aliphatic hydroxyl groups excluding tert-OH is 2. The highest BCUT2D eigenvalue weighted by Gasteiger charge is 2.35. The van der Waals surface area contributed by atoms with Gasteiger partial charge in [-0.3, -0.25) is 0 Å². The molecular formula is C12H21NO6. The molecule has 2 unspecified atom stereocenters. The molecule has 1 saturated heterocycles. The zero-order valence-corrected chi connectivity index (χ0v) is 10.7. The average molecular weight is 275 g/mol. The Morgan fingerprint density at radius 2 is 1.42 bits per heavy atom. The summed E-state index contributed by atoms with van der Waals surface area (Å²) in [6.07, 6.45) is 2.89. The molecule has 0 bridgehead atoms. The van der Waals surface area contributed by atoms with Gasteiger partial charge in [0.25, 0.3) is 0 Å². The van der Waals surface area contributed by atoms with Crippen molar-refractivity contribution < 1.29 is 30.0 Å². The minimum Gasteiger partial charge on any atom is -0.479 e. The lowest BCUT2D eigenvalue weighted by atomic mass is 9.86. The van der Waals surface area contributed by atoms with E-state index in [0.717, 1.165) is 5.41 Å². The van der Waals surface area contributed by atoms with Gasteiger partial charge in [-0.25, -0.2) is 9.59 Å². The first-order valence-corrected chi connectivity index (χ1v) is 6.40. The summed E-state index contributed by atoms with van der Waals surface area (Å²) in [5.74, 6) is -3.54. The van der Waals surface area contributed by atoms with Crippen molar-refractivity contribution in [2.45, 2.75) is 44.3 Å². The highest BCUT2D eigenvalue weighted by atomic mass is 16.4. The quantitative estimate of drug-likeness (QED) is 0.466. The summed E-state index contributed by atoms with van der Waals surface area (Å²) in [6.45, 7) is 2.59. The lowest BCUT2D eigenvalue weighted by Crippen LogP contribution is -2.39. The Kier molecular flexibility index (Phi) is 5.71. The number of carboxylic acids is 2. The summed E-state index contributed by atoms with van der Waals surface area (Å²) in [5, 5.41) is 36.0. The van der Waals surface area contributed by atoms with Gasteiger partial charge in [-0.2, -0.15) is 0 Å². The van der Waals surface area contributed by atoms with Gasteiger partial charge in [0.15, 0.2) is 12.2 Å². The Bertz CT molecular complexity index is 285. The summed E-state index contributed by atoms with van der Waals surface area (Å²) in [4.78, 5) is 19.5. The van der Waals surface area contributed by atoms with Crippen LogP contribution in [0.1, 0.15) is 32.1 Å². The number of hydrogen-bond donors (Lipinski definition) is 5. The van der Waals surface area contributed by atoms with Crippen LogP contribution in [-0.4, -0.2) is 57.7 Å². The molecule has 0 radical (unpaired) electrons. The van der Waals surface area contributed by atoms with E-state index in [9.17, 15) is 9.59 Å². The normalized spacial score (nSPS) is 23.5. The molecule has 110 valence electrons. The first kappa shape index (κ1) is 15.9. The van der Waals surface area contributed by atoms with Crippen molar-refractivity contribution in [1.82, 2.24) is 5.32 Å². The second kappa shape index (κ2) is 6.83. The average Bonchev–Trinajstić information content (AvgIpc) is 3.01. The number of carbonyl (C=O) groups is 2. The van der Waals surface area contributed by atoms with Gasteiger partial charge in [0.2, 0.25) is 0 Å². The number of carboxylic acid groups (broad SMARTS) is 2. The number of aliphatic hydroxyl groups is 2. The number of nitrogens with one attached hydrogen (secondary N) is 1. The van der Waals surface area contributed by atoms with Gasteiger partial charge in [0, 0.05) is 6.54 Å². The first-order valence-electron chi connectivity index (χ1n) is 6.40. The van der Waals surface area contributed by atoms with Gasteiger partial charge in [-0.1, -0.05) is 12.8 Å². The topological polar surface area (TPSA) is 127 Å². The largest absolute Gasteiger partial charge is 0.479 e. The highest BCUT2D eigenvalue weighted by Crippen LogP contribution is 2.42. The third-order valence-electron chi connectivity index (χ3n) is 3.80. The highest BCUT2D eigenvalue weighted by molar-refractivity contribution is 5.83. The molecule has 1 aliphatic heterocycles. The van der Waals surface area contributed by atoms with E-state index in [1.807, 2.05) is 0 Å². The molecule has 0 aromatic carbocycles. The molecule has 1 spiro atoms. The molecule has 0 amide bonds. The van der Waals surface area contributed by atoms with Gasteiger partial charge >= 0.3 is 11.9 Å². The first-order chi connectivity index (χ1) is 8.88. The monoisotopic (exact) mass is 275 g/mol. The van der Waals surface area contributed by atoms with Gasteiger partial charge in [0.05, 0.1) is 0 Å². The second-order valence-corrected chi connectivity index (χ2v) is 5.20. The summed E-state index contributed by atoms with van der Waals surface area (Å²) < 4.78 is 0. The van der Waals surface area contributed by atoms with E-state index in [-0.39, 0.29) is 0 Å². The Morgan fingerprint density at radius 1 is 0.947 bits per heavy atom. The van der Waals surface area contributed by atoms with Gasteiger partial charge in [-0.05, 0) is 31.2 Å². The molecule has 1 heterocycles. The SMILES string of the molecule is C1CCC2(C1)CCNC2.O=C(O)C(O)C(O)C(=O)O. The fourth-order valence-corrected chi connectivity index (χ4v) is 2.62. The predicted octanol–water partition coefficient (Wildman–Crippen LogP) is -0.582. The van der Waals surface area contributed by atoms with Crippen LogP contribution in [0.3, 0.4) is 0 Å². The van der Waals surface area contributed by atoms with Crippen molar-refractivity contribution in [1.29, 1.82) is 0 Å². The fraction of sp³-hybridized carbons (Fsp3) is 0.833. The van der Waals surface area contributed by atoms with E-state index in [0.29, 0.717) is 0 Å². The number of hydrogen-bond acceptors (Lipinski definition) is 5. The van der Waals surface area contributed by atoms with Crippen LogP contribution in [0.2, 0.25) is 0 Å². The molecule has 19 heavy (non-hydrogen) atoms. The standard InChI is InChI=1S/C8H15N.C4H6O6/c1-2-4-8(3-1)5-6-9-7-8;5-1(3(7)8)2(6)4(9)10/h9H,1-7H2;1-2,5-6H,(H,7,8)(H,9,10). The van der Waals surface area contributed by atoms with Crippen LogP contribution in [0.15, 0.2) is 0 Å². The van der Waals surface area contributed by atoms with Crippen molar-refractivity contribution in [3.63, 3.8) is 0 Å². The molecule has 0 aromatic heterocycles. The summed E-state index contributed by atoms with van der Waals surface area (Å²) in [6, 6.07) is 0. The van der Waals surface area contributed by atoms with E-state index in [2.05, 4.69) is 5.32 Å². The maximum atomic E-state index is 9.77. The zero-order valence-electron chi connectivity index (χ0n) is 10.7.